The molecule has 0 spiro atoms. The van der Waals surface area contributed by atoms with Gasteiger partial charge in [0.05, 0.1) is 5.75 Å². The van der Waals surface area contributed by atoms with Gasteiger partial charge in [-0.3, -0.25) is 0 Å². The van der Waals surface area contributed by atoms with Crippen LogP contribution >= 0.6 is 0 Å². The molecule has 1 fully saturated rings. The lowest BCUT2D eigenvalue weighted by atomic mass is 10.0. The minimum atomic E-state index is -3.05. The maximum atomic E-state index is 11.9. The van der Waals surface area contributed by atoms with Crippen LogP contribution < -0.4 is 10.6 Å². The molecule has 0 aromatic heterocycles. The van der Waals surface area contributed by atoms with Crippen molar-refractivity contribution in [1.29, 1.82) is 0 Å². The maximum absolute atomic E-state index is 11.9. The van der Waals surface area contributed by atoms with Crippen LogP contribution in [0.1, 0.15) is 52.9 Å². The zero-order valence-electron chi connectivity index (χ0n) is 12.8. The van der Waals surface area contributed by atoms with Gasteiger partial charge in [0.15, 0.2) is 9.84 Å². The van der Waals surface area contributed by atoms with Gasteiger partial charge in [-0.05, 0) is 32.1 Å². The van der Waals surface area contributed by atoms with Crippen LogP contribution in [0.25, 0.3) is 0 Å². The molecule has 2 N–H and O–H groups in total. The molecule has 1 saturated carbocycles. The molecule has 1 aliphatic rings. The Balaban J connectivity index is 2.35. The monoisotopic (exact) mass is 304 g/mol. The van der Waals surface area contributed by atoms with Gasteiger partial charge in [-0.2, -0.15) is 0 Å². The number of hydrogen-bond acceptors (Lipinski definition) is 3. The quantitative estimate of drug-likeness (QED) is 0.764. The van der Waals surface area contributed by atoms with E-state index in [-0.39, 0.29) is 29.6 Å². The van der Waals surface area contributed by atoms with E-state index in [1.165, 1.54) is 6.42 Å². The second-order valence-corrected chi connectivity index (χ2v) is 8.43. The van der Waals surface area contributed by atoms with Crippen LogP contribution in [0.3, 0.4) is 0 Å². The molecular weight excluding hydrogens is 276 g/mol. The molecule has 0 aromatic carbocycles. The molecule has 3 atom stereocenters. The lowest BCUT2D eigenvalue weighted by Gasteiger charge is -2.19. The Morgan fingerprint density at radius 1 is 1.25 bits per heavy atom. The van der Waals surface area contributed by atoms with Gasteiger partial charge < -0.3 is 10.6 Å². The number of carbonyl (C=O) groups excluding carboxylic acids is 1. The molecule has 3 unspecified atom stereocenters. The summed E-state index contributed by atoms with van der Waals surface area (Å²) >= 11 is 0. The summed E-state index contributed by atoms with van der Waals surface area (Å²) in [6.07, 6.45) is 5.54. The molecule has 1 rings (SSSR count). The first kappa shape index (κ1) is 17.3. The van der Waals surface area contributed by atoms with Gasteiger partial charge in [-0.1, -0.05) is 26.7 Å². The molecular formula is C14H28N2O3S. The van der Waals surface area contributed by atoms with Gasteiger partial charge in [0.25, 0.3) is 0 Å². The predicted octanol–water partition coefficient (Wildman–Crippen LogP) is 2.08. The van der Waals surface area contributed by atoms with E-state index in [1.807, 2.05) is 0 Å². The Morgan fingerprint density at radius 2 is 1.95 bits per heavy atom. The van der Waals surface area contributed by atoms with Crippen LogP contribution in [-0.4, -0.2) is 38.0 Å². The summed E-state index contributed by atoms with van der Waals surface area (Å²) in [4.78, 5) is 11.9. The van der Waals surface area contributed by atoms with Crippen molar-refractivity contribution in [3.8, 4) is 0 Å². The second kappa shape index (κ2) is 7.86. The summed E-state index contributed by atoms with van der Waals surface area (Å²) in [6, 6.07) is -0.386. The van der Waals surface area contributed by atoms with E-state index in [2.05, 4.69) is 17.6 Å². The molecule has 0 bridgehead atoms. The van der Waals surface area contributed by atoms with E-state index in [9.17, 15) is 13.2 Å². The van der Waals surface area contributed by atoms with Crippen LogP contribution in [0.2, 0.25) is 0 Å². The summed E-state index contributed by atoms with van der Waals surface area (Å²) in [5.74, 6) is 0.846. The molecule has 5 nitrogen and oxygen atoms in total. The Morgan fingerprint density at radius 3 is 2.60 bits per heavy atom. The minimum Gasteiger partial charge on any atom is -0.335 e. The van der Waals surface area contributed by atoms with E-state index in [0.29, 0.717) is 0 Å². The van der Waals surface area contributed by atoms with Crippen molar-refractivity contribution >= 4 is 15.9 Å². The van der Waals surface area contributed by atoms with Crippen molar-refractivity contribution in [3.63, 3.8) is 0 Å². The van der Waals surface area contributed by atoms with E-state index in [0.717, 1.165) is 31.6 Å². The highest BCUT2D eigenvalue weighted by Gasteiger charge is 2.20. The van der Waals surface area contributed by atoms with Crippen LogP contribution in [0.4, 0.5) is 4.79 Å². The van der Waals surface area contributed by atoms with Crippen molar-refractivity contribution in [2.24, 2.45) is 5.92 Å². The topological polar surface area (TPSA) is 75.3 Å². The Bertz CT molecular complexity index is 409. The molecule has 0 heterocycles. The third kappa shape index (κ3) is 6.59. The number of sulfone groups is 1. The van der Waals surface area contributed by atoms with Crippen molar-refractivity contribution in [3.05, 3.63) is 0 Å². The number of nitrogens with one attached hydrogen (secondary N) is 2. The molecule has 0 aromatic rings. The molecule has 2 amide bonds. The van der Waals surface area contributed by atoms with Crippen molar-refractivity contribution < 1.29 is 13.2 Å². The largest absolute Gasteiger partial charge is 0.335 e. The van der Waals surface area contributed by atoms with E-state index in [1.54, 1.807) is 13.8 Å². The highest BCUT2D eigenvalue weighted by molar-refractivity contribution is 7.91. The third-order valence-electron chi connectivity index (χ3n) is 3.91. The molecule has 20 heavy (non-hydrogen) atoms. The van der Waals surface area contributed by atoms with Crippen LogP contribution in [0.15, 0.2) is 0 Å². The fraction of sp³-hybridized carbons (Fsp3) is 0.929. The van der Waals surface area contributed by atoms with E-state index < -0.39 is 9.84 Å². The predicted molar refractivity (Wildman–Crippen MR) is 81.5 cm³/mol. The highest BCUT2D eigenvalue weighted by Crippen LogP contribution is 2.22. The molecule has 6 heteroatoms. The van der Waals surface area contributed by atoms with Crippen molar-refractivity contribution in [1.82, 2.24) is 10.6 Å². The fourth-order valence-corrected chi connectivity index (χ4v) is 3.70. The number of amides is 2. The lowest BCUT2D eigenvalue weighted by molar-refractivity contribution is 0.233. The Hall–Kier alpha value is -0.780. The third-order valence-corrected chi connectivity index (χ3v) is 5.80. The highest BCUT2D eigenvalue weighted by atomic mass is 32.2. The standard InChI is InChI=1S/C14H28N2O3S/c1-4-20(18,19)10-12(3)15-14(17)16-13-7-5-6-11(2)8-9-13/h11-13H,4-10H2,1-3H3,(H2,15,16,17). The van der Waals surface area contributed by atoms with Crippen molar-refractivity contribution in [2.45, 2.75) is 65.0 Å². The average molecular weight is 304 g/mol. The number of carbonyl (C=O) groups is 1. The van der Waals surface area contributed by atoms with E-state index >= 15 is 0 Å². The first-order chi connectivity index (χ1) is 9.32. The SMILES string of the molecule is CCS(=O)(=O)CC(C)NC(=O)NC1CCCC(C)CC1. The van der Waals surface area contributed by atoms with Gasteiger partial charge in [0.1, 0.15) is 0 Å². The Kier molecular flexibility index (Phi) is 6.79. The Labute approximate surface area is 122 Å². The normalized spacial score (nSPS) is 25.6. The molecule has 1 aliphatic carbocycles. The number of rotatable bonds is 5. The molecule has 0 aliphatic heterocycles. The first-order valence-electron chi connectivity index (χ1n) is 7.60. The summed E-state index contributed by atoms with van der Waals surface area (Å²) in [7, 11) is -3.05. The number of hydrogen-bond donors (Lipinski definition) is 2. The summed E-state index contributed by atoms with van der Waals surface area (Å²) in [5.41, 5.74) is 0. The van der Waals surface area contributed by atoms with Gasteiger partial charge in [0, 0.05) is 17.8 Å². The van der Waals surface area contributed by atoms with Crippen LogP contribution in [0.5, 0.6) is 0 Å². The summed E-state index contributed by atoms with van der Waals surface area (Å²) in [6.45, 7) is 5.59. The number of urea groups is 1. The smallest absolute Gasteiger partial charge is 0.315 e. The second-order valence-electron chi connectivity index (χ2n) is 6.03. The molecule has 0 radical (unpaired) electrons. The zero-order valence-corrected chi connectivity index (χ0v) is 13.6. The van der Waals surface area contributed by atoms with Gasteiger partial charge in [-0.15, -0.1) is 0 Å². The lowest BCUT2D eigenvalue weighted by Crippen LogP contribution is -2.47. The molecule has 0 saturated heterocycles. The fourth-order valence-electron chi connectivity index (χ4n) is 2.62. The van der Waals surface area contributed by atoms with E-state index in [4.69, 9.17) is 0 Å². The first-order valence-corrected chi connectivity index (χ1v) is 9.42. The summed E-state index contributed by atoms with van der Waals surface area (Å²) in [5, 5.41) is 5.69. The van der Waals surface area contributed by atoms with Gasteiger partial charge >= 0.3 is 6.03 Å². The zero-order chi connectivity index (χ0) is 15.2. The average Bonchev–Trinajstić information content (AvgIpc) is 2.53. The van der Waals surface area contributed by atoms with Crippen LogP contribution in [0, 0.1) is 5.92 Å². The van der Waals surface area contributed by atoms with Gasteiger partial charge in [0.2, 0.25) is 0 Å². The van der Waals surface area contributed by atoms with Crippen LogP contribution in [-0.2, 0) is 9.84 Å². The summed E-state index contributed by atoms with van der Waals surface area (Å²) < 4.78 is 23.0. The minimum absolute atomic E-state index is 0.00137. The van der Waals surface area contributed by atoms with Crippen molar-refractivity contribution in [2.75, 3.05) is 11.5 Å². The molecule has 118 valence electrons. The van der Waals surface area contributed by atoms with Gasteiger partial charge in [-0.25, -0.2) is 13.2 Å². The maximum Gasteiger partial charge on any atom is 0.315 e.